The van der Waals surface area contributed by atoms with Gasteiger partial charge in [0, 0.05) is 5.56 Å². The molecule has 2 aromatic carbocycles. The zero-order valence-electron chi connectivity index (χ0n) is 14.6. The summed E-state index contributed by atoms with van der Waals surface area (Å²) in [7, 11) is 4.30. The fourth-order valence-electron chi connectivity index (χ4n) is 2.27. The second-order valence-electron chi connectivity index (χ2n) is 5.14. The molecule has 1 amide bonds. The molecule has 0 fully saturated rings. The molecular formula is C19H19NO6. The molecule has 136 valence electrons. The first-order chi connectivity index (χ1) is 12.5. The van der Waals surface area contributed by atoms with E-state index in [1.165, 1.54) is 39.5 Å². The summed E-state index contributed by atoms with van der Waals surface area (Å²) in [5.74, 6) is -0.949. The molecule has 0 saturated carbocycles. The van der Waals surface area contributed by atoms with Crippen molar-refractivity contribution >= 4 is 18.0 Å². The van der Waals surface area contributed by atoms with E-state index in [0.29, 0.717) is 22.8 Å². The Morgan fingerprint density at radius 2 is 1.54 bits per heavy atom. The molecule has 0 bridgehead atoms. The molecule has 2 aromatic rings. The van der Waals surface area contributed by atoms with Crippen LogP contribution in [-0.2, 0) is 4.79 Å². The first-order valence-electron chi connectivity index (χ1n) is 7.61. The molecule has 2 rings (SSSR count). The lowest BCUT2D eigenvalue weighted by molar-refractivity contribution is -0.132. The zero-order valence-corrected chi connectivity index (χ0v) is 14.6. The van der Waals surface area contributed by atoms with Gasteiger partial charge in [0.1, 0.15) is 5.70 Å². The molecule has 0 saturated heterocycles. The maximum absolute atomic E-state index is 12.5. The Morgan fingerprint density at radius 3 is 2.00 bits per heavy atom. The highest BCUT2D eigenvalue weighted by atomic mass is 16.5. The second-order valence-corrected chi connectivity index (χ2v) is 5.14. The van der Waals surface area contributed by atoms with Crippen molar-refractivity contribution in [3.05, 3.63) is 59.3 Å². The number of methoxy groups -OCH3 is 3. The minimum atomic E-state index is -1.25. The number of hydrogen-bond donors (Lipinski definition) is 2. The van der Waals surface area contributed by atoms with Gasteiger partial charge in [0.05, 0.1) is 21.3 Å². The first kappa shape index (κ1) is 18.9. The number of carboxylic acid groups (broad SMARTS) is 1. The first-order valence-corrected chi connectivity index (χ1v) is 7.61. The lowest BCUT2D eigenvalue weighted by atomic mass is 10.1. The average Bonchev–Trinajstić information content (AvgIpc) is 2.66. The monoisotopic (exact) mass is 357 g/mol. The van der Waals surface area contributed by atoms with E-state index in [9.17, 15) is 14.7 Å². The Balaban J connectivity index is 2.35. The summed E-state index contributed by atoms with van der Waals surface area (Å²) < 4.78 is 15.6. The third kappa shape index (κ3) is 4.32. The van der Waals surface area contributed by atoms with E-state index in [-0.39, 0.29) is 11.3 Å². The number of ether oxygens (including phenoxy) is 3. The molecule has 0 aliphatic carbocycles. The molecule has 0 aliphatic rings. The van der Waals surface area contributed by atoms with Gasteiger partial charge >= 0.3 is 5.97 Å². The summed E-state index contributed by atoms with van der Waals surface area (Å²) >= 11 is 0. The van der Waals surface area contributed by atoms with E-state index < -0.39 is 11.9 Å². The van der Waals surface area contributed by atoms with E-state index in [4.69, 9.17) is 14.2 Å². The number of aliphatic carboxylic acids is 1. The van der Waals surface area contributed by atoms with E-state index in [2.05, 4.69) is 5.32 Å². The van der Waals surface area contributed by atoms with Crippen molar-refractivity contribution in [2.75, 3.05) is 21.3 Å². The van der Waals surface area contributed by atoms with Crippen LogP contribution < -0.4 is 19.5 Å². The molecule has 0 atom stereocenters. The highest BCUT2D eigenvalue weighted by molar-refractivity contribution is 6.03. The van der Waals surface area contributed by atoms with Gasteiger partial charge in [-0.1, -0.05) is 30.3 Å². The van der Waals surface area contributed by atoms with Gasteiger partial charge in [0.15, 0.2) is 11.5 Å². The molecule has 7 nitrogen and oxygen atoms in total. The smallest absolute Gasteiger partial charge is 0.352 e. The molecule has 0 spiro atoms. The average molecular weight is 357 g/mol. The summed E-state index contributed by atoms with van der Waals surface area (Å²) in [5, 5.41) is 11.8. The molecule has 7 heteroatoms. The quantitative estimate of drug-likeness (QED) is 0.740. The summed E-state index contributed by atoms with van der Waals surface area (Å²) in [6.07, 6.45) is 1.37. The molecular weight excluding hydrogens is 338 g/mol. The largest absolute Gasteiger partial charge is 0.493 e. The van der Waals surface area contributed by atoms with Crippen molar-refractivity contribution in [2.45, 2.75) is 0 Å². The number of carbonyl (C=O) groups is 2. The van der Waals surface area contributed by atoms with E-state index in [1.807, 2.05) is 6.07 Å². The number of carbonyl (C=O) groups excluding carboxylic acids is 1. The van der Waals surface area contributed by atoms with Crippen LogP contribution in [0, 0.1) is 0 Å². The fraction of sp³-hybridized carbons (Fsp3) is 0.158. The van der Waals surface area contributed by atoms with Gasteiger partial charge < -0.3 is 24.6 Å². The van der Waals surface area contributed by atoms with Crippen molar-refractivity contribution in [2.24, 2.45) is 0 Å². The van der Waals surface area contributed by atoms with Crippen LogP contribution in [0.15, 0.2) is 48.2 Å². The van der Waals surface area contributed by atoms with Gasteiger partial charge in [-0.3, -0.25) is 4.79 Å². The van der Waals surface area contributed by atoms with Crippen LogP contribution in [0.1, 0.15) is 15.9 Å². The zero-order chi connectivity index (χ0) is 19.1. The Kier molecular flexibility index (Phi) is 6.21. The Bertz CT molecular complexity index is 804. The molecule has 0 aromatic heterocycles. The fourth-order valence-corrected chi connectivity index (χ4v) is 2.27. The number of carboxylic acids is 1. The van der Waals surface area contributed by atoms with Gasteiger partial charge in [-0.05, 0) is 23.8 Å². The standard InChI is InChI=1S/C19H19NO6/c1-24-15-10-13(11-16(25-2)17(15)26-3)18(21)20-14(19(22)23)9-12-7-5-4-6-8-12/h4-11H,1-3H3,(H,20,21)(H,22,23). The van der Waals surface area contributed by atoms with Crippen LogP contribution >= 0.6 is 0 Å². The number of benzene rings is 2. The second kappa shape index (κ2) is 8.57. The van der Waals surface area contributed by atoms with Gasteiger partial charge in [-0.15, -0.1) is 0 Å². The van der Waals surface area contributed by atoms with Crippen LogP contribution in [0.4, 0.5) is 0 Å². The normalized spacial score (nSPS) is 10.8. The van der Waals surface area contributed by atoms with E-state index >= 15 is 0 Å². The van der Waals surface area contributed by atoms with Gasteiger partial charge in [0.25, 0.3) is 5.91 Å². The Hall–Kier alpha value is -3.48. The summed E-state index contributed by atoms with van der Waals surface area (Å²) in [6.45, 7) is 0. The van der Waals surface area contributed by atoms with Gasteiger partial charge in [0.2, 0.25) is 5.75 Å². The van der Waals surface area contributed by atoms with Crippen LogP contribution in [0.3, 0.4) is 0 Å². The maximum atomic E-state index is 12.5. The Morgan fingerprint density at radius 1 is 0.962 bits per heavy atom. The van der Waals surface area contributed by atoms with Crippen molar-refractivity contribution in [1.82, 2.24) is 5.32 Å². The summed E-state index contributed by atoms with van der Waals surface area (Å²) in [5.41, 5.74) is 0.560. The number of amides is 1. The molecule has 0 aliphatic heterocycles. The minimum absolute atomic E-state index is 0.166. The predicted molar refractivity (Wildman–Crippen MR) is 95.6 cm³/mol. The van der Waals surface area contributed by atoms with E-state index in [0.717, 1.165) is 0 Å². The van der Waals surface area contributed by atoms with Crippen molar-refractivity contribution < 1.29 is 28.9 Å². The molecule has 0 unspecified atom stereocenters. The SMILES string of the molecule is COc1cc(C(=O)NC(=Cc2ccccc2)C(=O)O)cc(OC)c1OC. The minimum Gasteiger partial charge on any atom is -0.493 e. The third-order valence-electron chi connectivity index (χ3n) is 3.52. The van der Waals surface area contributed by atoms with Gasteiger partial charge in [-0.25, -0.2) is 4.79 Å². The lowest BCUT2D eigenvalue weighted by Gasteiger charge is -2.14. The number of nitrogens with one attached hydrogen (secondary N) is 1. The summed E-state index contributed by atoms with van der Waals surface area (Å²) in [4.78, 5) is 24.0. The topological polar surface area (TPSA) is 94.1 Å². The van der Waals surface area contributed by atoms with Crippen molar-refractivity contribution in [3.63, 3.8) is 0 Å². The maximum Gasteiger partial charge on any atom is 0.352 e. The van der Waals surface area contributed by atoms with Gasteiger partial charge in [-0.2, -0.15) is 0 Å². The number of rotatable bonds is 7. The van der Waals surface area contributed by atoms with Crippen LogP contribution in [0.25, 0.3) is 6.08 Å². The molecule has 26 heavy (non-hydrogen) atoms. The molecule has 0 radical (unpaired) electrons. The predicted octanol–water partition coefficient (Wildman–Crippen LogP) is 2.57. The van der Waals surface area contributed by atoms with Crippen molar-refractivity contribution in [1.29, 1.82) is 0 Å². The highest BCUT2D eigenvalue weighted by Crippen LogP contribution is 2.38. The van der Waals surface area contributed by atoms with Crippen LogP contribution in [0.2, 0.25) is 0 Å². The molecule has 2 N–H and O–H groups in total. The van der Waals surface area contributed by atoms with Crippen LogP contribution in [0.5, 0.6) is 17.2 Å². The third-order valence-corrected chi connectivity index (χ3v) is 3.52. The lowest BCUT2D eigenvalue weighted by Crippen LogP contribution is -2.27. The van der Waals surface area contributed by atoms with Crippen molar-refractivity contribution in [3.8, 4) is 17.2 Å². The highest BCUT2D eigenvalue weighted by Gasteiger charge is 2.19. The van der Waals surface area contributed by atoms with Crippen LogP contribution in [-0.4, -0.2) is 38.3 Å². The molecule has 0 heterocycles. The Labute approximate surface area is 150 Å². The number of hydrogen-bond acceptors (Lipinski definition) is 5. The summed E-state index contributed by atoms with van der Waals surface area (Å²) in [6, 6.07) is 11.7. The van der Waals surface area contributed by atoms with E-state index in [1.54, 1.807) is 24.3 Å².